The number of aliphatic hydroxyl groups is 1. The topological polar surface area (TPSA) is 40.5 Å². The standard InChI is InChI=1S/C23H22ClNO2/c1-25(23(27)15-6-17-2-4-18(16-26)5-3-17)22-13-9-20(10-14-22)19-7-11-21(24)12-8-19/h2-5,7-14,26H,6,15-16H2,1H3. The van der Waals surface area contributed by atoms with Gasteiger partial charge in [0.1, 0.15) is 0 Å². The second-order valence-corrected chi connectivity index (χ2v) is 6.92. The maximum Gasteiger partial charge on any atom is 0.227 e. The SMILES string of the molecule is CN(C(=O)CCc1ccc(CO)cc1)c1ccc(-c2ccc(Cl)cc2)cc1. The summed E-state index contributed by atoms with van der Waals surface area (Å²) < 4.78 is 0. The third kappa shape index (κ3) is 4.97. The highest BCUT2D eigenvalue weighted by Gasteiger charge is 2.11. The minimum Gasteiger partial charge on any atom is -0.392 e. The monoisotopic (exact) mass is 379 g/mol. The molecule has 0 saturated carbocycles. The molecule has 138 valence electrons. The largest absolute Gasteiger partial charge is 0.392 e. The molecular weight excluding hydrogens is 358 g/mol. The first-order valence-corrected chi connectivity index (χ1v) is 9.26. The lowest BCUT2D eigenvalue weighted by Gasteiger charge is -2.18. The zero-order valence-corrected chi connectivity index (χ0v) is 16.0. The van der Waals surface area contributed by atoms with Crippen LogP contribution in [0, 0.1) is 0 Å². The fraction of sp³-hybridized carbons (Fsp3) is 0.174. The zero-order chi connectivity index (χ0) is 19.2. The maximum absolute atomic E-state index is 12.5. The quantitative estimate of drug-likeness (QED) is 0.647. The molecular formula is C23H22ClNO2. The molecule has 3 rings (SSSR count). The lowest BCUT2D eigenvalue weighted by molar-refractivity contribution is -0.118. The Labute approximate surface area is 164 Å². The van der Waals surface area contributed by atoms with Crippen LogP contribution in [-0.2, 0) is 17.8 Å². The van der Waals surface area contributed by atoms with Gasteiger partial charge in [0.2, 0.25) is 5.91 Å². The average Bonchev–Trinajstić information content (AvgIpc) is 2.72. The first kappa shape index (κ1) is 19.2. The molecule has 0 aliphatic carbocycles. The molecule has 27 heavy (non-hydrogen) atoms. The number of benzene rings is 3. The van der Waals surface area contributed by atoms with E-state index in [4.69, 9.17) is 16.7 Å². The van der Waals surface area contributed by atoms with Gasteiger partial charge >= 0.3 is 0 Å². The number of carbonyl (C=O) groups excluding carboxylic acids is 1. The number of aryl methyl sites for hydroxylation is 1. The van der Waals surface area contributed by atoms with Crippen molar-refractivity contribution in [2.75, 3.05) is 11.9 Å². The maximum atomic E-state index is 12.5. The fourth-order valence-corrected chi connectivity index (χ4v) is 3.02. The van der Waals surface area contributed by atoms with E-state index >= 15 is 0 Å². The number of hydrogen-bond donors (Lipinski definition) is 1. The van der Waals surface area contributed by atoms with Crippen molar-refractivity contribution in [3.05, 3.63) is 88.9 Å². The molecule has 4 heteroatoms. The number of carbonyl (C=O) groups is 1. The molecule has 0 atom stereocenters. The highest BCUT2D eigenvalue weighted by atomic mass is 35.5. The van der Waals surface area contributed by atoms with Gasteiger partial charge in [0.15, 0.2) is 0 Å². The molecule has 0 aliphatic rings. The first-order chi connectivity index (χ1) is 13.1. The second-order valence-electron chi connectivity index (χ2n) is 6.48. The highest BCUT2D eigenvalue weighted by Crippen LogP contribution is 2.24. The molecule has 3 aromatic rings. The number of amides is 1. The van der Waals surface area contributed by atoms with Crippen LogP contribution in [0.1, 0.15) is 17.5 Å². The van der Waals surface area contributed by atoms with Crippen molar-refractivity contribution in [1.29, 1.82) is 0 Å². The van der Waals surface area contributed by atoms with Crippen LogP contribution >= 0.6 is 11.6 Å². The predicted octanol–water partition coefficient (Wildman–Crippen LogP) is 5.09. The Bertz CT molecular complexity index is 887. The molecule has 0 radical (unpaired) electrons. The molecule has 3 nitrogen and oxygen atoms in total. The number of halogens is 1. The predicted molar refractivity (Wildman–Crippen MR) is 111 cm³/mol. The summed E-state index contributed by atoms with van der Waals surface area (Å²) in [6, 6.07) is 23.3. The van der Waals surface area contributed by atoms with Crippen molar-refractivity contribution in [3.63, 3.8) is 0 Å². The molecule has 0 unspecified atom stereocenters. The molecule has 1 N–H and O–H groups in total. The van der Waals surface area contributed by atoms with Crippen molar-refractivity contribution >= 4 is 23.2 Å². The van der Waals surface area contributed by atoms with Gasteiger partial charge in [-0.2, -0.15) is 0 Å². The van der Waals surface area contributed by atoms with E-state index in [-0.39, 0.29) is 12.5 Å². The van der Waals surface area contributed by atoms with Gasteiger partial charge in [-0.1, -0.05) is 60.1 Å². The summed E-state index contributed by atoms with van der Waals surface area (Å²) in [5.74, 6) is 0.0699. The van der Waals surface area contributed by atoms with E-state index in [0.717, 1.165) is 27.9 Å². The van der Waals surface area contributed by atoms with Gasteiger partial charge in [0.05, 0.1) is 6.61 Å². The third-order valence-electron chi connectivity index (χ3n) is 4.64. The van der Waals surface area contributed by atoms with Crippen molar-refractivity contribution in [2.24, 2.45) is 0 Å². The minimum atomic E-state index is 0.0357. The van der Waals surface area contributed by atoms with Crippen LogP contribution in [0.15, 0.2) is 72.8 Å². The molecule has 0 aromatic heterocycles. The smallest absolute Gasteiger partial charge is 0.227 e. The van der Waals surface area contributed by atoms with E-state index in [9.17, 15) is 4.79 Å². The van der Waals surface area contributed by atoms with Crippen LogP contribution in [-0.4, -0.2) is 18.1 Å². The Morgan fingerprint density at radius 1 is 0.852 bits per heavy atom. The van der Waals surface area contributed by atoms with Crippen LogP contribution in [0.2, 0.25) is 5.02 Å². The van der Waals surface area contributed by atoms with Crippen molar-refractivity contribution in [3.8, 4) is 11.1 Å². The summed E-state index contributed by atoms with van der Waals surface area (Å²) in [6.45, 7) is 0.0357. The van der Waals surface area contributed by atoms with Crippen LogP contribution < -0.4 is 4.90 Å². The van der Waals surface area contributed by atoms with E-state index in [1.165, 1.54) is 0 Å². The lowest BCUT2D eigenvalue weighted by atomic mass is 10.0. The molecule has 0 aliphatic heterocycles. The van der Waals surface area contributed by atoms with Crippen molar-refractivity contribution < 1.29 is 9.90 Å². The fourth-order valence-electron chi connectivity index (χ4n) is 2.89. The summed E-state index contributed by atoms with van der Waals surface area (Å²) in [5.41, 5.74) is 5.01. The van der Waals surface area contributed by atoms with Crippen LogP contribution in [0.5, 0.6) is 0 Å². The van der Waals surface area contributed by atoms with Gasteiger partial charge in [-0.05, 0) is 52.9 Å². The highest BCUT2D eigenvalue weighted by molar-refractivity contribution is 6.30. The van der Waals surface area contributed by atoms with Crippen molar-refractivity contribution in [2.45, 2.75) is 19.4 Å². The zero-order valence-electron chi connectivity index (χ0n) is 15.2. The first-order valence-electron chi connectivity index (χ1n) is 8.88. The molecule has 1 amide bonds. The summed E-state index contributed by atoms with van der Waals surface area (Å²) in [4.78, 5) is 14.2. The Hall–Kier alpha value is -2.62. The normalized spacial score (nSPS) is 10.6. The number of nitrogens with zero attached hydrogens (tertiary/aromatic N) is 1. The van der Waals surface area contributed by atoms with Gasteiger partial charge in [-0.25, -0.2) is 0 Å². The Morgan fingerprint density at radius 3 is 1.93 bits per heavy atom. The lowest BCUT2D eigenvalue weighted by Crippen LogP contribution is -2.26. The number of aliphatic hydroxyl groups excluding tert-OH is 1. The van der Waals surface area contributed by atoms with Gasteiger partial charge < -0.3 is 10.0 Å². The van der Waals surface area contributed by atoms with Gasteiger partial charge in [-0.15, -0.1) is 0 Å². The minimum absolute atomic E-state index is 0.0357. The second kappa shape index (κ2) is 8.85. The molecule has 0 bridgehead atoms. The van der Waals surface area contributed by atoms with E-state index < -0.39 is 0 Å². The Balaban J connectivity index is 1.61. The Morgan fingerprint density at radius 2 is 1.37 bits per heavy atom. The van der Waals surface area contributed by atoms with Gasteiger partial charge in [0.25, 0.3) is 0 Å². The molecule has 0 fully saturated rings. The Kier molecular flexibility index (Phi) is 6.28. The number of rotatable bonds is 6. The number of hydrogen-bond acceptors (Lipinski definition) is 2. The van der Waals surface area contributed by atoms with Gasteiger partial charge in [0, 0.05) is 24.2 Å². The summed E-state index contributed by atoms with van der Waals surface area (Å²) in [5, 5.41) is 9.80. The summed E-state index contributed by atoms with van der Waals surface area (Å²) >= 11 is 5.93. The molecule has 3 aromatic carbocycles. The van der Waals surface area contributed by atoms with Crippen LogP contribution in [0.4, 0.5) is 5.69 Å². The van der Waals surface area contributed by atoms with Crippen molar-refractivity contribution in [1.82, 2.24) is 0 Å². The van der Waals surface area contributed by atoms with Gasteiger partial charge in [-0.3, -0.25) is 4.79 Å². The average molecular weight is 380 g/mol. The van der Waals surface area contributed by atoms with Crippen LogP contribution in [0.25, 0.3) is 11.1 Å². The van der Waals surface area contributed by atoms with E-state index in [0.29, 0.717) is 17.9 Å². The summed E-state index contributed by atoms with van der Waals surface area (Å²) in [6.07, 6.45) is 1.12. The summed E-state index contributed by atoms with van der Waals surface area (Å²) in [7, 11) is 1.80. The third-order valence-corrected chi connectivity index (χ3v) is 4.89. The van der Waals surface area contributed by atoms with E-state index in [1.807, 2.05) is 72.8 Å². The van der Waals surface area contributed by atoms with Crippen LogP contribution in [0.3, 0.4) is 0 Å². The molecule has 0 heterocycles. The number of anilines is 1. The van der Waals surface area contributed by atoms with E-state index in [2.05, 4.69) is 0 Å². The molecule has 0 spiro atoms. The molecule has 0 saturated heterocycles. The van der Waals surface area contributed by atoms with E-state index in [1.54, 1.807) is 11.9 Å².